The van der Waals surface area contributed by atoms with Crippen LogP contribution in [-0.4, -0.2) is 36.6 Å². The summed E-state index contributed by atoms with van der Waals surface area (Å²) in [5.74, 6) is -0.526. The molecule has 0 bridgehead atoms. The molecule has 0 rings (SSSR count). The number of ether oxygens (including phenoxy) is 2. The molecule has 0 aromatic carbocycles. The molecule has 0 fully saturated rings. The monoisotopic (exact) mass is 329 g/mol. The molecule has 134 valence electrons. The summed E-state index contributed by atoms with van der Waals surface area (Å²) in [7, 11) is 0. The first kappa shape index (κ1) is 21.4. The molecular formula is C17H31NO5. The van der Waals surface area contributed by atoms with Gasteiger partial charge in [-0.2, -0.15) is 0 Å². The number of unbranched alkanes of at least 4 members (excludes halogenated alkanes) is 3. The van der Waals surface area contributed by atoms with Crippen LogP contribution in [0.5, 0.6) is 0 Å². The molecule has 0 aliphatic rings. The molecular weight excluding hydrogens is 298 g/mol. The SMILES string of the molecule is CCCCCC(=O)CC(=O)OCCCCNC(=O)OC(C)(C)C. The number of nitrogens with one attached hydrogen (secondary N) is 1. The Morgan fingerprint density at radius 3 is 2.30 bits per heavy atom. The lowest BCUT2D eigenvalue weighted by molar-refractivity contribution is -0.146. The van der Waals surface area contributed by atoms with E-state index in [0.717, 1.165) is 19.3 Å². The van der Waals surface area contributed by atoms with E-state index in [-0.39, 0.29) is 18.8 Å². The fourth-order valence-corrected chi connectivity index (χ4v) is 1.79. The summed E-state index contributed by atoms with van der Waals surface area (Å²) < 4.78 is 10.1. The number of carbonyl (C=O) groups excluding carboxylic acids is 3. The van der Waals surface area contributed by atoms with Crippen molar-refractivity contribution in [1.82, 2.24) is 5.32 Å². The first-order chi connectivity index (χ1) is 10.7. The maximum absolute atomic E-state index is 11.5. The van der Waals surface area contributed by atoms with Gasteiger partial charge in [0.05, 0.1) is 6.61 Å². The number of amides is 1. The highest BCUT2D eigenvalue weighted by atomic mass is 16.6. The highest BCUT2D eigenvalue weighted by molar-refractivity contribution is 5.95. The zero-order chi connectivity index (χ0) is 17.7. The smallest absolute Gasteiger partial charge is 0.407 e. The van der Waals surface area contributed by atoms with Crippen molar-refractivity contribution in [2.24, 2.45) is 0 Å². The van der Waals surface area contributed by atoms with E-state index in [9.17, 15) is 14.4 Å². The van der Waals surface area contributed by atoms with E-state index < -0.39 is 17.7 Å². The van der Waals surface area contributed by atoms with Crippen molar-refractivity contribution in [3.63, 3.8) is 0 Å². The van der Waals surface area contributed by atoms with Gasteiger partial charge in [-0.25, -0.2) is 4.79 Å². The molecule has 0 spiro atoms. The molecule has 0 aromatic heterocycles. The minimum atomic E-state index is -0.511. The predicted octanol–water partition coefficient (Wildman–Crippen LogP) is 3.37. The average molecular weight is 329 g/mol. The second-order valence-corrected chi connectivity index (χ2v) is 6.53. The molecule has 6 heteroatoms. The van der Waals surface area contributed by atoms with Gasteiger partial charge >= 0.3 is 12.1 Å². The Labute approximate surface area is 139 Å². The lowest BCUT2D eigenvalue weighted by atomic mass is 10.1. The summed E-state index contributed by atoms with van der Waals surface area (Å²) in [5, 5.41) is 2.63. The van der Waals surface area contributed by atoms with Gasteiger partial charge in [-0.1, -0.05) is 19.8 Å². The number of hydrogen-bond donors (Lipinski definition) is 1. The highest BCUT2D eigenvalue weighted by Gasteiger charge is 2.15. The van der Waals surface area contributed by atoms with Gasteiger partial charge < -0.3 is 14.8 Å². The van der Waals surface area contributed by atoms with Crippen molar-refractivity contribution in [3.05, 3.63) is 0 Å². The predicted molar refractivity (Wildman–Crippen MR) is 88.2 cm³/mol. The van der Waals surface area contributed by atoms with Gasteiger partial charge in [-0.05, 0) is 40.0 Å². The fourth-order valence-electron chi connectivity index (χ4n) is 1.79. The molecule has 0 saturated heterocycles. The van der Waals surface area contributed by atoms with Gasteiger partial charge in [-0.15, -0.1) is 0 Å². The highest BCUT2D eigenvalue weighted by Crippen LogP contribution is 2.06. The topological polar surface area (TPSA) is 81.7 Å². The molecule has 6 nitrogen and oxygen atoms in total. The van der Waals surface area contributed by atoms with Crippen LogP contribution in [0, 0.1) is 0 Å². The van der Waals surface area contributed by atoms with Crippen molar-refractivity contribution in [3.8, 4) is 0 Å². The maximum atomic E-state index is 11.5. The Morgan fingerprint density at radius 2 is 1.70 bits per heavy atom. The number of ketones is 1. The van der Waals surface area contributed by atoms with E-state index in [1.807, 2.05) is 0 Å². The third-order valence-corrected chi connectivity index (χ3v) is 2.90. The lowest BCUT2D eigenvalue weighted by Gasteiger charge is -2.19. The van der Waals surface area contributed by atoms with Crippen LogP contribution < -0.4 is 5.32 Å². The Hall–Kier alpha value is -1.59. The minimum absolute atomic E-state index is 0.0601. The van der Waals surface area contributed by atoms with Crippen LogP contribution in [0.3, 0.4) is 0 Å². The second kappa shape index (κ2) is 11.9. The van der Waals surface area contributed by atoms with E-state index in [4.69, 9.17) is 9.47 Å². The largest absolute Gasteiger partial charge is 0.465 e. The first-order valence-corrected chi connectivity index (χ1v) is 8.38. The molecule has 0 aliphatic carbocycles. The van der Waals surface area contributed by atoms with Crippen LogP contribution >= 0.6 is 0 Å². The number of rotatable bonds is 11. The van der Waals surface area contributed by atoms with Crippen LogP contribution in [0.1, 0.15) is 72.6 Å². The quantitative estimate of drug-likeness (QED) is 0.357. The van der Waals surface area contributed by atoms with E-state index in [2.05, 4.69) is 12.2 Å². The van der Waals surface area contributed by atoms with Crippen LogP contribution in [0.2, 0.25) is 0 Å². The third kappa shape index (κ3) is 15.1. The summed E-state index contributed by atoms with van der Waals surface area (Å²) in [5.41, 5.74) is -0.511. The molecule has 0 atom stereocenters. The van der Waals surface area contributed by atoms with Gasteiger partial charge in [0, 0.05) is 13.0 Å². The number of alkyl carbamates (subject to hydrolysis) is 1. The standard InChI is InChI=1S/C17H31NO5/c1-5-6-7-10-14(19)13-15(20)22-12-9-8-11-18-16(21)23-17(2,3)4/h5-13H2,1-4H3,(H,18,21). The van der Waals surface area contributed by atoms with Crippen molar-refractivity contribution in [1.29, 1.82) is 0 Å². The Bertz CT molecular complexity index is 374. The number of hydrogen-bond acceptors (Lipinski definition) is 5. The van der Waals surface area contributed by atoms with Crippen molar-refractivity contribution < 1.29 is 23.9 Å². The van der Waals surface area contributed by atoms with Crippen molar-refractivity contribution in [2.75, 3.05) is 13.2 Å². The molecule has 23 heavy (non-hydrogen) atoms. The molecule has 1 amide bonds. The molecule has 0 radical (unpaired) electrons. The lowest BCUT2D eigenvalue weighted by Crippen LogP contribution is -2.33. The maximum Gasteiger partial charge on any atom is 0.407 e. The molecule has 1 N–H and O–H groups in total. The Balaban J connectivity index is 3.55. The second-order valence-electron chi connectivity index (χ2n) is 6.53. The van der Waals surface area contributed by atoms with E-state index >= 15 is 0 Å². The van der Waals surface area contributed by atoms with E-state index in [0.29, 0.717) is 25.8 Å². The molecule has 0 aromatic rings. The van der Waals surface area contributed by atoms with Crippen molar-refractivity contribution in [2.45, 2.75) is 78.2 Å². The van der Waals surface area contributed by atoms with E-state index in [1.54, 1.807) is 20.8 Å². The van der Waals surface area contributed by atoms with Gasteiger partial charge in [0.15, 0.2) is 0 Å². The van der Waals surface area contributed by atoms with E-state index in [1.165, 1.54) is 0 Å². The average Bonchev–Trinajstić information content (AvgIpc) is 2.41. The van der Waals surface area contributed by atoms with Crippen LogP contribution in [0.4, 0.5) is 4.79 Å². The molecule has 0 unspecified atom stereocenters. The zero-order valence-electron chi connectivity index (χ0n) is 14.9. The summed E-state index contributed by atoms with van der Waals surface area (Å²) in [6, 6.07) is 0. The summed E-state index contributed by atoms with van der Waals surface area (Å²) in [6.45, 7) is 8.19. The van der Waals surface area contributed by atoms with Gasteiger partial charge in [-0.3, -0.25) is 9.59 Å². The molecule has 0 saturated carbocycles. The summed E-state index contributed by atoms with van der Waals surface area (Å²) in [4.78, 5) is 34.3. The van der Waals surface area contributed by atoms with Crippen LogP contribution in [-0.2, 0) is 19.1 Å². The number of esters is 1. The van der Waals surface area contributed by atoms with Gasteiger partial charge in [0.2, 0.25) is 0 Å². The summed E-state index contributed by atoms with van der Waals surface area (Å²) in [6.07, 6.45) is 4.05. The van der Waals surface area contributed by atoms with Gasteiger partial charge in [0.1, 0.15) is 17.8 Å². The normalized spacial score (nSPS) is 11.0. The zero-order valence-corrected chi connectivity index (χ0v) is 14.9. The Morgan fingerprint density at radius 1 is 1.00 bits per heavy atom. The Kier molecular flexibility index (Phi) is 11.1. The minimum Gasteiger partial charge on any atom is -0.465 e. The number of Topliss-reactive ketones (excluding diaryl/α,β-unsaturated/α-hetero) is 1. The first-order valence-electron chi connectivity index (χ1n) is 8.38. The van der Waals surface area contributed by atoms with Gasteiger partial charge in [0.25, 0.3) is 0 Å². The van der Waals surface area contributed by atoms with Crippen LogP contribution in [0.15, 0.2) is 0 Å². The van der Waals surface area contributed by atoms with Crippen molar-refractivity contribution >= 4 is 17.8 Å². The summed E-state index contributed by atoms with van der Waals surface area (Å²) >= 11 is 0. The third-order valence-electron chi connectivity index (χ3n) is 2.90. The molecule has 0 aliphatic heterocycles. The number of carbonyl (C=O) groups is 3. The van der Waals surface area contributed by atoms with Crippen LogP contribution in [0.25, 0.3) is 0 Å². The fraction of sp³-hybridized carbons (Fsp3) is 0.824. The molecule has 0 heterocycles.